The summed E-state index contributed by atoms with van der Waals surface area (Å²) < 4.78 is 5.46. The van der Waals surface area contributed by atoms with Gasteiger partial charge in [-0.25, -0.2) is 0 Å². The summed E-state index contributed by atoms with van der Waals surface area (Å²) in [5.74, 6) is 3.37. The van der Waals surface area contributed by atoms with Crippen molar-refractivity contribution in [1.29, 1.82) is 0 Å². The number of nitrogens with one attached hydrogen (secondary N) is 1. The van der Waals surface area contributed by atoms with Gasteiger partial charge in [-0.05, 0) is 37.3 Å². The van der Waals surface area contributed by atoms with Crippen molar-refractivity contribution in [2.45, 2.75) is 18.9 Å². The van der Waals surface area contributed by atoms with Crippen molar-refractivity contribution in [2.24, 2.45) is 5.92 Å². The molecule has 0 aliphatic carbocycles. The molecule has 0 spiro atoms. The van der Waals surface area contributed by atoms with Crippen LogP contribution >= 0.6 is 11.8 Å². The molecule has 2 aliphatic rings. The van der Waals surface area contributed by atoms with Gasteiger partial charge in [0.15, 0.2) is 0 Å². The lowest BCUT2D eigenvalue weighted by molar-refractivity contribution is -0.133. The number of carbonyl (C=O) groups excluding carboxylic acids is 1. The summed E-state index contributed by atoms with van der Waals surface area (Å²) in [4.78, 5) is 14.2. The molecule has 0 aromatic heterocycles. The Bertz CT molecular complexity index is 257. The van der Waals surface area contributed by atoms with Crippen LogP contribution in [-0.4, -0.2) is 61.7 Å². The minimum absolute atomic E-state index is 0.159. The summed E-state index contributed by atoms with van der Waals surface area (Å²) in [6.45, 7) is 2.83. The van der Waals surface area contributed by atoms with Gasteiger partial charge in [-0.3, -0.25) is 4.79 Å². The first kappa shape index (κ1) is 13.2. The highest BCUT2D eigenvalue weighted by Crippen LogP contribution is 2.23. The van der Waals surface area contributed by atoms with Gasteiger partial charge in [-0.1, -0.05) is 0 Å². The Morgan fingerprint density at radius 1 is 1.59 bits per heavy atom. The molecule has 2 atom stereocenters. The smallest absolute Gasteiger partial charge is 0.242 e. The Morgan fingerprint density at radius 2 is 2.47 bits per heavy atom. The minimum atomic E-state index is -0.159. The molecule has 2 fully saturated rings. The molecule has 2 heterocycles. The van der Waals surface area contributed by atoms with Gasteiger partial charge in [0.25, 0.3) is 0 Å². The first-order valence-corrected chi connectivity index (χ1v) is 7.58. The Kier molecular flexibility index (Phi) is 5.13. The fourth-order valence-electron chi connectivity index (χ4n) is 2.43. The zero-order valence-corrected chi connectivity index (χ0v) is 11.3. The standard InChI is InChI=1S/C12H22N2O2S/c1-13-11-8-16-5-4-14(12(11)15)7-10-3-2-6-17-9-10/h10-11,13H,2-9H2,1H3. The van der Waals surface area contributed by atoms with E-state index >= 15 is 0 Å². The lowest BCUT2D eigenvalue weighted by Gasteiger charge is -2.29. The number of rotatable bonds is 3. The van der Waals surface area contributed by atoms with Gasteiger partial charge >= 0.3 is 0 Å². The van der Waals surface area contributed by atoms with E-state index in [1.165, 1.54) is 24.3 Å². The predicted molar refractivity (Wildman–Crippen MR) is 70.3 cm³/mol. The molecule has 17 heavy (non-hydrogen) atoms. The number of nitrogens with zero attached hydrogens (tertiary/aromatic N) is 1. The van der Waals surface area contributed by atoms with E-state index in [0.717, 1.165) is 13.1 Å². The van der Waals surface area contributed by atoms with E-state index in [1.54, 1.807) is 0 Å². The maximum Gasteiger partial charge on any atom is 0.242 e. The molecule has 0 aromatic carbocycles. The summed E-state index contributed by atoms with van der Waals surface area (Å²) in [7, 11) is 1.83. The van der Waals surface area contributed by atoms with E-state index < -0.39 is 0 Å². The summed E-state index contributed by atoms with van der Waals surface area (Å²) in [6, 6.07) is -0.159. The molecule has 0 bridgehead atoms. The Hall–Kier alpha value is -0.260. The normalized spacial score (nSPS) is 31.4. The molecular formula is C12H22N2O2S. The van der Waals surface area contributed by atoms with Crippen molar-refractivity contribution < 1.29 is 9.53 Å². The molecule has 0 radical (unpaired) electrons. The van der Waals surface area contributed by atoms with E-state index in [1.807, 2.05) is 23.7 Å². The summed E-state index contributed by atoms with van der Waals surface area (Å²) in [5.41, 5.74) is 0. The van der Waals surface area contributed by atoms with E-state index in [4.69, 9.17) is 4.74 Å². The molecule has 0 aromatic rings. The van der Waals surface area contributed by atoms with Crippen LogP contribution in [0.1, 0.15) is 12.8 Å². The van der Waals surface area contributed by atoms with Crippen molar-refractivity contribution in [3.8, 4) is 0 Å². The summed E-state index contributed by atoms with van der Waals surface area (Å²) in [6.07, 6.45) is 2.56. The topological polar surface area (TPSA) is 41.6 Å². The average Bonchev–Trinajstić information content (AvgIpc) is 2.54. The highest BCUT2D eigenvalue weighted by Gasteiger charge is 2.28. The second kappa shape index (κ2) is 6.61. The number of amides is 1. The zero-order valence-electron chi connectivity index (χ0n) is 10.5. The van der Waals surface area contributed by atoms with Crippen LogP contribution < -0.4 is 5.32 Å². The van der Waals surface area contributed by atoms with Crippen molar-refractivity contribution in [3.05, 3.63) is 0 Å². The van der Waals surface area contributed by atoms with E-state index in [-0.39, 0.29) is 11.9 Å². The highest BCUT2D eigenvalue weighted by atomic mass is 32.2. The van der Waals surface area contributed by atoms with Gasteiger partial charge < -0.3 is 15.0 Å². The van der Waals surface area contributed by atoms with Crippen LogP contribution in [0.3, 0.4) is 0 Å². The van der Waals surface area contributed by atoms with E-state index in [9.17, 15) is 4.79 Å². The monoisotopic (exact) mass is 258 g/mol. The highest BCUT2D eigenvalue weighted by molar-refractivity contribution is 7.99. The minimum Gasteiger partial charge on any atom is -0.377 e. The SMILES string of the molecule is CNC1COCCN(CC2CCCSC2)C1=O. The molecular weight excluding hydrogens is 236 g/mol. The molecule has 4 nitrogen and oxygen atoms in total. The van der Waals surface area contributed by atoms with Gasteiger partial charge in [0.05, 0.1) is 13.2 Å². The molecule has 2 saturated heterocycles. The van der Waals surface area contributed by atoms with Gasteiger partial charge in [-0.15, -0.1) is 0 Å². The average molecular weight is 258 g/mol. The van der Waals surface area contributed by atoms with Crippen molar-refractivity contribution in [3.63, 3.8) is 0 Å². The third kappa shape index (κ3) is 3.60. The van der Waals surface area contributed by atoms with Gasteiger partial charge in [0, 0.05) is 13.1 Å². The van der Waals surface area contributed by atoms with Crippen LogP contribution in [0.5, 0.6) is 0 Å². The number of thioether (sulfide) groups is 1. The van der Waals surface area contributed by atoms with Crippen molar-refractivity contribution >= 4 is 17.7 Å². The Morgan fingerprint density at radius 3 is 3.18 bits per heavy atom. The molecule has 1 N–H and O–H groups in total. The number of hydrogen-bond acceptors (Lipinski definition) is 4. The second-order valence-electron chi connectivity index (χ2n) is 4.78. The third-order valence-electron chi connectivity index (χ3n) is 3.48. The van der Waals surface area contributed by atoms with Crippen LogP contribution in [0, 0.1) is 5.92 Å². The quantitative estimate of drug-likeness (QED) is 0.804. The zero-order chi connectivity index (χ0) is 12.1. The molecule has 0 saturated carbocycles. The fourth-order valence-corrected chi connectivity index (χ4v) is 3.57. The Labute approximate surface area is 107 Å². The molecule has 5 heteroatoms. The molecule has 98 valence electrons. The van der Waals surface area contributed by atoms with Crippen LogP contribution in [0.15, 0.2) is 0 Å². The van der Waals surface area contributed by atoms with Gasteiger partial charge in [-0.2, -0.15) is 11.8 Å². The number of hydrogen-bond donors (Lipinski definition) is 1. The fraction of sp³-hybridized carbons (Fsp3) is 0.917. The lowest BCUT2D eigenvalue weighted by Crippen LogP contribution is -2.47. The third-order valence-corrected chi connectivity index (χ3v) is 4.77. The summed E-state index contributed by atoms with van der Waals surface area (Å²) in [5, 5.41) is 3.04. The van der Waals surface area contributed by atoms with Crippen LogP contribution in [0.4, 0.5) is 0 Å². The first-order valence-electron chi connectivity index (χ1n) is 6.43. The maximum atomic E-state index is 12.2. The van der Waals surface area contributed by atoms with Crippen LogP contribution in [0.25, 0.3) is 0 Å². The lowest BCUT2D eigenvalue weighted by atomic mass is 10.0. The van der Waals surface area contributed by atoms with Gasteiger partial charge in [0.2, 0.25) is 5.91 Å². The van der Waals surface area contributed by atoms with Crippen LogP contribution in [-0.2, 0) is 9.53 Å². The first-order chi connectivity index (χ1) is 8.31. The van der Waals surface area contributed by atoms with Crippen LogP contribution in [0.2, 0.25) is 0 Å². The van der Waals surface area contributed by atoms with Gasteiger partial charge in [0.1, 0.15) is 6.04 Å². The Balaban J connectivity index is 1.90. The number of carbonyl (C=O) groups is 1. The van der Waals surface area contributed by atoms with Crippen molar-refractivity contribution in [2.75, 3.05) is 44.9 Å². The molecule has 2 aliphatic heterocycles. The van der Waals surface area contributed by atoms with E-state index in [0.29, 0.717) is 19.1 Å². The molecule has 2 unspecified atom stereocenters. The second-order valence-corrected chi connectivity index (χ2v) is 5.93. The molecule has 2 rings (SSSR count). The molecule has 1 amide bonds. The van der Waals surface area contributed by atoms with E-state index in [2.05, 4.69) is 5.32 Å². The maximum absolute atomic E-state index is 12.2. The number of likely N-dealkylation sites (N-methyl/N-ethyl adjacent to an activating group) is 1. The van der Waals surface area contributed by atoms with Crippen molar-refractivity contribution in [1.82, 2.24) is 10.2 Å². The largest absolute Gasteiger partial charge is 0.377 e. The summed E-state index contributed by atoms with van der Waals surface area (Å²) >= 11 is 2.02. The number of ether oxygens (including phenoxy) is 1. The predicted octanol–water partition coefficient (Wildman–Crippen LogP) is 0.576.